The van der Waals surface area contributed by atoms with E-state index in [9.17, 15) is 17.2 Å². The predicted octanol–water partition coefficient (Wildman–Crippen LogP) is 3.89. The highest BCUT2D eigenvalue weighted by molar-refractivity contribution is 7.91. The van der Waals surface area contributed by atoms with Gasteiger partial charge in [0.25, 0.3) is 6.43 Å². The molecule has 7 heteroatoms. The predicted molar refractivity (Wildman–Crippen MR) is 93.2 cm³/mol. The van der Waals surface area contributed by atoms with Gasteiger partial charge in [0.1, 0.15) is 16.9 Å². The topological polar surface area (TPSA) is 59.3 Å². The third-order valence-electron chi connectivity index (χ3n) is 4.90. The Morgan fingerprint density at radius 2 is 1.85 bits per heavy atom. The second-order valence-electron chi connectivity index (χ2n) is 6.56. The molecule has 0 saturated carbocycles. The molecule has 1 atom stereocenters. The summed E-state index contributed by atoms with van der Waals surface area (Å²) in [6.07, 6.45) is -2.09. The third-order valence-corrected chi connectivity index (χ3v) is 6.67. The summed E-state index contributed by atoms with van der Waals surface area (Å²) < 4.78 is 58.5. The minimum Gasteiger partial charge on any atom is -0.459 e. The first-order valence-electron chi connectivity index (χ1n) is 8.23. The Bertz CT molecular complexity index is 1080. The zero-order valence-corrected chi connectivity index (χ0v) is 14.8. The summed E-state index contributed by atoms with van der Waals surface area (Å²) in [5, 5.41) is 3.50. The molecule has 136 valence electrons. The number of nitrogens with one attached hydrogen (secondary N) is 1. The van der Waals surface area contributed by atoms with Gasteiger partial charge in [0.05, 0.1) is 9.79 Å². The molecule has 2 aromatic carbocycles. The average Bonchev–Trinajstić information content (AvgIpc) is 3.02. The molecule has 0 radical (unpaired) electrons. The van der Waals surface area contributed by atoms with Crippen LogP contribution >= 0.6 is 0 Å². The number of rotatable bonds is 3. The van der Waals surface area contributed by atoms with E-state index in [1.54, 1.807) is 24.3 Å². The molecule has 26 heavy (non-hydrogen) atoms. The zero-order valence-electron chi connectivity index (χ0n) is 14.0. The molecule has 1 aliphatic heterocycles. The smallest absolute Gasteiger partial charge is 0.263 e. The van der Waals surface area contributed by atoms with Gasteiger partial charge in [-0.05, 0) is 37.6 Å². The van der Waals surface area contributed by atoms with E-state index in [1.807, 2.05) is 0 Å². The van der Waals surface area contributed by atoms with Crippen LogP contribution in [0, 0.1) is 0 Å². The van der Waals surface area contributed by atoms with Crippen molar-refractivity contribution in [3.63, 3.8) is 0 Å². The quantitative estimate of drug-likeness (QED) is 0.752. The number of benzene rings is 2. The minimum atomic E-state index is -3.70. The molecule has 0 spiro atoms. The molecule has 0 bridgehead atoms. The minimum absolute atomic E-state index is 0.0778. The molecule has 1 N–H and O–H groups in total. The summed E-state index contributed by atoms with van der Waals surface area (Å²) in [6.45, 7) is 1.81. The van der Waals surface area contributed by atoms with Gasteiger partial charge >= 0.3 is 0 Å². The fraction of sp³-hybridized carbons (Fsp3) is 0.263. The number of hydrogen-bond acceptors (Lipinski definition) is 4. The lowest BCUT2D eigenvalue weighted by Gasteiger charge is -2.32. The number of sulfone groups is 1. The lowest BCUT2D eigenvalue weighted by atomic mass is 9.89. The van der Waals surface area contributed by atoms with Crippen LogP contribution in [0.25, 0.3) is 11.0 Å². The van der Waals surface area contributed by atoms with Gasteiger partial charge in [-0.2, -0.15) is 0 Å². The second kappa shape index (κ2) is 5.89. The van der Waals surface area contributed by atoms with E-state index in [0.717, 1.165) is 0 Å². The van der Waals surface area contributed by atoms with Crippen molar-refractivity contribution in [2.45, 2.75) is 35.1 Å². The van der Waals surface area contributed by atoms with Crippen LogP contribution in [0.2, 0.25) is 0 Å². The van der Waals surface area contributed by atoms with E-state index in [1.165, 1.54) is 31.2 Å². The highest BCUT2D eigenvalue weighted by Crippen LogP contribution is 2.40. The second-order valence-corrected chi connectivity index (χ2v) is 8.51. The fourth-order valence-corrected chi connectivity index (χ4v) is 4.70. The molecular formula is C19H17F2NO3S. The Kier molecular flexibility index (Phi) is 3.89. The summed E-state index contributed by atoms with van der Waals surface area (Å²) in [5.41, 5.74) is -0.557. The summed E-state index contributed by atoms with van der Waals surface area (Å²) in [6, 6.07) is 12.6. The molecule has 1 aliphatic rings. The lowest BCUT2D eigenvalue weighted by molar-refractivity contribution is 0.0220. The van der Waals surface area contributed by atoms with Crippen molar-refractivity contribution in [3.05, 3.63) is 59.9 Å². The van der Waals surface area contributed by atoms with Crippen molar-refractivity contribution in [3.8, 4) is 0 Å². The van der Waals surface area contributed by atoms with Gasteiger partial charge in [-0.25, -0.2) is 17.2 Å². The van der Waals surface area contributed by atoms with E-state index in [2.05, 4.69) is 5.32 Å². The fourth-order valence-electron chi connectivity index (χ4n) is 3.40. The van der Waals surface area contributed by atoms with Gasteiger partial charge in [0, 0.05) is 23.6 Å². The van der Waals surface area contributed by atoms with Crippen molar-refractivity contribution in [2.75, 3.05) is 6.54 Å². The lowest BCUT2D eigenvalue weighted by Crippen LogP contribution is -2.49. The average molecular weight is 377 g/mol. The van der Waals surface area contributed by atoms with E-state index in [-0.39, 0.29) is 15.6 Å². The molecule has 0 amide bonds. The molecule has 2 heterocycles. The van der Waals surface area contributed by atoms with Crippen molar-refractivity contribution in [1.82, 2.24) is 5.32 Å². The van der Waals surface area contributed by atoms with Crippen LogP contribution in [0.3, 0.4) is 0 Å². The van der Waals surface area contributed by atoms with Crippen molar-refractivity contribution >= 4 is 20.8 Å². The van der Waals surface area contributed by atoms with Gasteiger partial charge in [0.2, 0.25) is 9.84 Å². The molecule has 0 saturated heterocycles. The van der Waals surface area contributed by atoms with Crippen LogP contribution < -0.4 is 5.32 Å². The molecule has 1 unspecified atom stereocenters. The van der Waals surface area contributed by atoms with Crippen molar-refractivity contribution < 1.29 is 21.6 Å². The first-order valence-corrected chi connectivity index (χ1v) is 9.71. The Hall–Kier alpha value is -2.25. The monoisotopic (exact) mass is 377 g/mol. The maximum atomic E-state index is 13.6. The van der Waals surface area contributed by atoms with Gasteiger partial charge in [-0.3, -0.25) is 5.32 Å². The number of fused-ring (bicyclic) bond motifs is 3. The zero-order chi connectivity index (χ0) is 18.5. The molecular weight excluding hydrogens is 360 g/mol. The van der Waals surface area contributed by atoms with E-state index in [0.29, 0.717) is 29.5 Å². The highest BCUT2D eigenvalue weighted by Gasteiger charge is 2.44. The number of furan rings is 1. The van der Waals surface area contributed by atoms with Gasteiger partial charge < -0.3 is 4.42 Å². The van der Waals surface area contributed by atoms with E-state index >= 15 is 0 Å². The SMILES string of the molecule is CC1(C(F)F)NCCc2c1oc1cc(S(=O)(=O)c3ccccc3)ccc21. The molecule has 4 nitrogen and oxygen atoms in total. The summed E-state index contributed by atoms with van der Waals surface area (Å²) in [4.78, 5) is 0.253. The van der Waals surface area contributed by atoms with Crippen LogP contribution in [0.1, 0.15) is 18.2 Å². The van der Waals surface area contributed by atoms with E-state index < -0.39 is 21.8 Å². The van der Waals surface area contributed by atoms with Crippen LogP contribution in [-0.4, -0.2) is 21.4 Å². The molecule has 0 fully saturated rings. The van der Waals surface area contributed by atoms with Gasteiger partial charge in [0.15, 0.2) is 0 Å². The molecule has 0 aliphatic carbocycles. The Balaban J connectivity index is 1.88. The largest absolute Gasteiger partial charge is 0.459 e. The maximum Gasteiger partial charge on any atom is 0.263 e. The first-order chi connectivity index (χ1) is 12.3. The maximum absolute atomic E-state index is 13.6. The number of hydrogen-bond donors (Lipinski definition) is 1. The molecule has 4 rings (SSSR count). The molecule has 1 aromatic heterocycles. The first kappa shape index (κ1) is 17.2. The van der Waals surface area contributed by atoms with Crippen LogP contribution in [0.5, 0.6) is 0 Å². The molecule has 3 aromatic rings. The van der Waals surface area contributed by atoms with E-state index in [4.69, 9.17) is 4.42 Å². The number of alkyl halides is 2. The summed E-state index contributed by atoms with van der Waals surface area (Å²) in [7, 11) is -3.70. The van der Waals surface area contributed by atoms with Gasteiger partial charge in [-0.15, -0.1) is 0 Å². The number of halogens is 2. The Labute approximate surface area is 149 Å². The Morgan fingerprint density at radius 3 is 2.54 bits per heavy atom. The van der Waals surface area contributed by atoms with Gasteiger partial charge in [-0.1, -0.05) is 18.2 Å². The third kappa shape index (κ3) is 2.46. The summed E-state index contributed by atoms with van der Waals surface area (Å²) in [5.74, 6) is 0.183. The van der Waals surface area contributed by atoms with Crippen LogP contribution in [0.4, 0.5) is 8.78 Å². The standard InChI is InChI=1S/C19H17F2NO3S/c1-19(18(20)21)17-15(9-10-22-19)14-8-7-13(11-16(14)25-17)26(23,24)12-5-3-2-4-6-12/h2-8,11,18,22H,9-10H2,1H3. The van der Waals surface area contributed by atoms with Crippen LogP contribution in [-0.2, 0) is 21.8 Å². The normalized spacial score (nSPS) is 20.5. The van der Waals surface area contributed by atoms with Crippen molar-refractivity contribution in [1.29, 1.82) is 0 Å². The Morgan fingerprint density at radius 1 is 1.12 bits per heavy atom. The van der Waals surface area contributed by atoms with Crippen LogP contribution in [0.15, 0.2) is 62.7 Å². The summed E-state index contributed by atoms with van der Waals surface area (Å²) >= 11 is 0. The van der Waals surface area contributed by atoms with Crippen molar-refractivity contribution in [2.24, 2.45) is 0 Å². The highest BCUT2D eigenvalue weighted by atomic mass is 32.2.